The van der Waals surface area contributed by atoms with Gasteiger partial charge in [-0.2, -0.15) is 17.5 Å². The molecule has 2 rings (SSSR count). The van der Waals surface area contributed by atoms with Crippen molar-refractivity contribution < 1.29 is 26.3 Å². The predicted molar refractivity (Wildman–Crippen MR) is 95.8 cm³/mol. The van der Waals surface area contributed by atoms with Crippen LogP contribution in [0.4, 0.5) is 13.2 Å². The molecule has 11 heteroatoms. The van der Waals surface area contributed by atoms with Crippen LogP contribution in [0.1, 0.15) is 6.42 Å². The summed E-state index contributed by atoms with van der Waals surface area (Å²) in [7, 11) is -3.67. The highest BCUT2D eigenvalue weighted by molar-refractivity contribution is 9.10. The molecule has 0 N–H and O–H groups in total. The first-order valence-corrected chi connectivity index (χ1v) is 10.5. The summed E-state index contributed by atoms with van der Waals surface area (Å²) in [6, 6.07) is 4.62. The first-order chi connectivity index (χ1) is 12.1. The molecule has 1 saturated heterocycles. The molecule has 0 bridgehead atoms. The fourth-order valence-electron chi connectivity index (χ4n) is 2.60. The van der Waals surface area contributed by atoms with E-state index in [2.05, 4.69) is 20.7 Å². The second-order valence-corrected chi connectivity index (χ2v) is 9.07. The van der Waals surface area contributed by atoms with E-state index in [4.69, 9.17) is 11.6 Å². The van der Waals surface area contributed by atoms with Crippen LogP contribution in [0, 0.1) is 0 Å². The fourth-order valence-corrected chi connectivity index (χ4v) is 5.03. The summed E-state index contributed by atoms with van der Waals surface area (Å²) in [5.74, 6) is 0. The molecule has 1 aliphatic heterocycles. The van der Waals surface area contributed by atoms with Crippen LogP contribution in [-0.4, -0.2) is 69.7 Å². The Kier molecular flexibility index (Phi) is 7.75. The summed E-state index contributed by atoms with van der Waals surface area (Å²) in [4.78, 5) is 2.07. The summed E-state index contributed by atoms with van der Waals surface area (Å²) in [5.41, 5.74) is 0. The molecule has 0 atom stereocenters. The lowest BCUT2D eigenvalue weighted by molar-refractivity contribution is -0.174. The van der Waals surface area contributed by atoms with Gasteiger partial charge in [0.1, 0.15) is 11.5 Å². The zero-order chi connectivity index (χ0) is 19.4. The summed E-state index contributed by atoms with van der Waals surface area (Å²) < 4.78 is 68.0. The number of piperazine rings is 1. The second kappa shape index (κ2) is 9.20. The number of ether oxygens (including phenoxy) is 1. The number of rotatable bonds is 7. The molecule has 0 amide bonds. The summed E-state index contributed by atoms with van der Waals surface area (Å²) in [6.07, 6.45) is -3.85. The Morgan fingerprint density at radius 2 is 1.85 bits per heavy atom. The Balaban J connectivity index is 1.80. The summed E-state index contributed by atoms with van der Waals surface area (Å²) in [5, 5.41) is 0.156. The van der Waals surface area contributed by atoms with Crippen molar-refractivity contribution in [3.05, 3.63) is 27.7 Å². The van der Waals surface area contributed by atoms with Gasteiger partial charge >= 0.3 is 6.18 Å². The molecular weight excluding hydrogens is 461 g/mol. The number of nitrogens with zero attached hydrogens (tertiary/aromatic N) is 2. The van der Waals surface area contributed by atoms with Gasteiger partial charge in [-0.15, -0.1) is 0 Å². The molecule has 0 aliphatic carbocycles. The van der Waals surface area contributed by atoms with Crippen LogP contribution < -0.4 is 0 Å². The van der Waals surface area contributed by atoms with Crippen molar-refractivity contribution in [1.82, 2.24) is 9.21 Å². The molecule has 1 aromatic rings. The van der Waals surface area contributed by atoms with Gasteiger partial charge < -0.3 is 9.64 Å². The van der Waals surface area contributed by atoms with E-state index in [0.29, 0.717) is 43.6 Å². The highest BCUT2D eigenvalue weighted by Gasteiger charge is 2.30. The highest BCUT2D eigenvalue weighted by atomic mass is 79.9. The monoisotopic (exact) mass is 478 g/mol. The van der Waals surface area contributed by atoms with Crippen LogP contribution in [-0.2, 0) is 14.8 Å². The number of benzene rings is 1. The van der Waals surface area contributed by atoms with E-state index >= 15 is 0 Å². The normalized spacial score (nSPS) is 17.6. The number of sulfonamides is 1. The van der Waals surface area contributed by atoms with Crippen molar-refractivity contribution in [2.75, 3.05) is 45.9 Å². The maximum absolute atomic E-state index is 12.7. The Morgan fingerprint density at radius 3 is 2.42 bits per heavy atom. The lowest BCUT2D eigenvalue weighted by Crippen LogP contribution is -2.48. The van der Waals surface area contributed by atoms with Crippen molar-refractivity contribution in [3.8, 4) is 0 Å². The van der Waals surface area contributed by atoms with E-state index in [9.17, 15) is 21.6 Å². The van der Waals surface area contributed by atoms with E-state index < -0.39 is 22.8 Å². The lowest BCUT2D eigenvalue weighted by atomic mass is 10.3. The Hall–Kier alpha value is -0.390. The number of halogens is 5. The largest absolute Gasteiger partial charge is 0.411 e. The average Bonchev–Trinajstić information content (AvgIpc) is 2.53. The lowest BCUT2D eigenvalue weighted by Gasteiger charge is -2.34. The van der Waals surface area contributed by atoms with Gasteiger partial charge in [-0.25, -0.2) is 8.42 Å². The third-order valence-corrected chi connectivity index (χ3v) is 6.75. The number of alkyl halides is 3. The molecule has 0 spiro atoms. The number of hydrogen-bond donors (Lipinski definition) is 0. The van der Waals surface area contributed by atoms with Gasteiger partial charge in [0.15, 0.2) is 0 Å². The van der Waals surface area contributed by atoms with E-state index in [-0.39, 0.29) is 16.5 Å². The Bertz CT molecular complexity index is 711. The molecule has 1 aromatic carbocycles. The van der Waals surface area contributed by atoms with E-state index in [1.54, 1.807) is 6.07 Å². The third kappa shape index (κ3) is 6.35. The Morgan fingerprint density at radius 1 is 1.19 bits per heavy atom. The van der Waals surface area contributed by atoms with Gasteiger partial charge in [0.2, 0.25) is 10.0 Å². The zero-order valence-electron chi connectivity index (χ0n) is 13.8. The van der Waals surface area contributed by atoms with Crippen LogP contribution in [0.2, 0.25) is 5.02 Å². The van der Waals surface area contributed by atoms with E-state index in [0.717, 1.165) is 0 Å². The van der Waals surface area contributed by atoms with Crippen molar-refractivity contribution in [2.24, 2.45) is 0 Å². The zero-order valence-corrected chi connectivity index (χ0v) is 17.0. The summed E-state index contributed by atoms with van der Waals surface area (Å²) >= 11 is 9.29. The molecular formula is C15H19BrClF3N2O3S. The maximum Gasteiger partial charge on any atom is 0.411 e. The molecule has 0 unspecified atom stereocenters. The third-order valence-electron chi connectivity index (χ3n) is 3.87. The molecule has 5 nitrogen and oxygen atoms in total. The maximum atomic E-state index is 12.7. The first kappa shape index (κ1) is 21.9. The van der Waals surface area contributed by atoms with Crippen molar-refractivity contribution in [1.29, 1.82) is 0 Å². The van der Waals surface area contributed by atoms with Crippen LogP contribution in [0.15, 0.2) is 27.6 Å². The molecule has 0 aromatic heterocycles. The van der Waals surface area contributed by atoms with Gasteiger partial charge in [0, 0.05) is 43.8 Å². The first-order valence-electron chi connectivity index (χ1n) is 7.92. The minimum atomic E-state index is -4.31. The Labute approximate surface area is 164 Å². The smallest absolute Gasteiger partial charge is 0.372 e. The van der Waals surface area contributed by atoms with Crippen molar-refractivity contribution >= 4 is 37.6 Å². The van der Waals surface area contributed by atoms with Crippen LogP contribution in [0.5, 0.6) is 0 Å². The SMILES string of the molecule is O=S(=O)(c1ccc(Br)cc1Cl)N1CCN(CCCOCC(F)(F)F)CC1. The fraction of sp³-hybridized carbons (Fsp3) is 0.600. The molecule has 0 radical (unpaired) electrons. The summed E-state index contributed by atoms with van der Waals surface area (Å²) in [6.45, 7) is 0.958. The minimum absolute atomic E-state index is 0.0204. The minimum Gasteiger partial charge on any atom is -0.372 e. The molecule has 0 saturated carbocycles. The molecule has 1 fully saturated rings. The van der Waals surface area contributed by atoms with Gasteiger partial charge in [-0.3, -0.25) is 0 Å². The van der Waals surface area contributed by atoms with Gasteiger partial charge in [0.05, 0.1) is 5.02 Å². The van der Waals surface area contributed by atoms with Crippen molar-refractivity contribution in [2.45, 2.75) is 17.5 Å². The molecule has 148 valence electrons. The van der Waals surface area contributed by atoms with Crippen LogP contribution in [0.25, 0.3) is 0 Å². The highest BCUT2D eigenvalue weighted by Crippen LogP contribution is 2.28. The molecule has 1 heterocycles. The van der Waals surface area contributed by atoms with Gasteiger partial charge in [-0.05, 0) is 24.6 Å². The van der Waals surface area contributed by atoms with E-state index in [1.807, 2.05) is 4.90 Å². The molecule has 26 heavy (non-hydrogen) atoms. The predicted octanol–water partition coefficient (Wildman–Crippen LogP) is 3.38. The van der Waals surface area contributed by atoms with Crippen LogP contribution >= 0.6 is 27.5 Å². The second-order valence-electron chi connectivity index (χ2n) is 5.84. The molecule has 1 aliphatic rings. The quantitative estimate of drug-likeness (QED) is 0.563. The van der Waals surface area contributed by atoms with Gasteiger partial charge in [0.25, 0.3) is 0 Å². The van der Waals surface area contributed by atoms with Crippen molar-refractivity contribution in [3.63, 3.8) is 0 Å². The van der Waals surface area contributed by atoms with Gasteiger partial charge in [-0.1, -0.05) is 27.5 Å². The van der Waals surface area contributed by atoms with Crippen LogP contribution in [0.3, 0.4) is 0 Å². The van der Waals surface area contributed by atoms with E-state index in [1.165, 1.54) is 16.4 Å². The number of hydrogen-bond acceptors (Lipinski definition) is 4. The topological polar surface area (TPSA) is 49.9 Å². The average molecular weight is 480 g/mol. The standard InChI is InChI=1S/C15H19BrClF3N2O3S/c16-12-2-3-14(13(17)10-12)26(23,24)22-7-5-21(6-8-22)4-1-9-25-11-15(18,19)20/h2-3,10H,1,4-9,11H2.